The van der Waals surface area contributed by atoms with Crippen LogP contribution < -0.4 is 4.74 Å². The zero-order valence-electron chi connectivity index (χ0n) is 9.77. The minimum Gasteiger partial charge on any atom is -0.483 e. The molecule has 0 N–H and O–H groups in total. The Labute approximate surface area is 123 Å². The SMILES string of the molecule is O=C1CC(c2ccc(Br)cn2)Oc2ccc(Cl)cc21. The first-order valence-corrected chi connectivity index (χ1v) is 6.91. The highest BCUT2D eigenvalue weighted by atomic mass is 79.9. The van der Waals surface area contributed by atoms with Crippen molar-refractivity contribution >= 4 is 33.3 Å². The highest BCUT2D eigenvalue weighted by molar-refractivity contribution is 9.10. The molecule has 0 bridgehead atoms. The lowest BCUT2D eigenvalue weighted by atomic mass is 9.99. The Morgan fingerprint density at radius 2 is 2.16 bits per heavy atom. The first kappa shape index (κ1) is 12.6. The maximum absolute atomic E-state index is 12.1. The van der Waals surface area contributed by atoms with E-state index < -0.39 is 0 Å². The van der Waals surface area contributed by atoms with E-state index in [1.807, 2.05) is 12.1 Å². The molecule has 1 atom stereocenters. The zero-order chi connectivity index (χ0) is 13.4. The molecular weight excluding hydrogens is 330 g/mol. The molecule has 0 amide bonds. The van der Waals surface area contributed by atoms with Gasteiger partial charge < -0.3 is 4.74 Å². The lowest BCUT2D eigenvalue weighted by Gasteiger charge is -2.24. The predicted molar refractivity (Wildman–Crippen MR) is 75.7 cm³/mol. The van der Waals surface area contributed by atoms with Crippen molar-refractivity contribution in [1.29, 1.82) is 0 Å². The van der Waals surface area contributed by atoms with E-state index in [0.717, 1.165) is 10.2 Å². The number of ketones is 1. The second kappa shape index (κ2) is 4.94. The van der Waals surface area contributed by atoms with Crippen LogP contribution in [-0.2, 0) is 0 Å². The second-order valence-electron chi connectivity index (χ2n) is 4.28. The van der Waals surface area contributed by atoms with Gasteiger partial charge in [-0.1, -0.05) is 11.6 Å². The van der Waals surface area contributed by atoms with Crippen LogP contribution in [0, 0.1) is 0 Å². The number of pyridine rings is 1. The quantitative estimate of drug-likeness (QED) is 0.782. The van der Waals surface area contributed by atoms with E-state index in [2.05, 4.69) is 20.9 Å². The zero-order valence-corrected chi connectivity index (χ0v) is 12.1. The van der Waals surface area contributed by atoms with Gasteiger partial charge in [0.15, 0.2) is 5.78 Å². The fourth-order valence-corrected chi connectivity index (χ4v) is 2.45. The molecule has 0 fully saturated rings. The summed E-state index contributed by atoms with van der Waals surface area (Å²) in [6.07, 6.45) is 1.64. The standard InChI is InChI=1S/C14H9BrClNO2/c15-8-1-3-11(17-7-8)14-6-12(18)10-5-9(16)2-4-13(10)19-14/h1-5,7,14H,6H2. The van der Waals surface area contributed by atoms with Crippen LogP contribution in [0.25, 0.3) is 0 Å². The number of rotatable bonds is 1. The number of fused-ring (bicyclic) bond motifs is 1. The van der Waals surface area contributed by atoms with Gasteiger partial charge in [0.2, 0.25) is 0 Å². The number of halogens is 2. The van der Waals surface area contributed by atoms with Crippen molar-refractivity contribution in [1.82, 2.24) is 4.98 Å². The Morgan fingerprint density at radius 3 is 2.89 bits per heavy atom. The molecule has 0 spiro atoms. The van der Waals surface area contributed by atoms with E-state index in [-0.39, 0.29) is 18.3 Å². The summed E-state index contributed by atoms with van der Waals surface area (Å²) in [6.45, 7) is 0. The van der Waals surface area contributed by atoms with Gasteiger partial charge in [-0.15, -0.1) is 0 Å². The van der Waals surface area contributed by atoms with Crippen molar-refractivity contribution in [2.24, 2.45) is 0 Å². The molecule has 2 heterocycles. The van der Waals surface area contributed by atoms with E-state index in [4.69, 9.17) is 16.3 Å². The number of aromatic nitrogens is 1. The Balaban J connectivity index is 1.95. The molecule has 0 saturated carbocycles. The number of Topliss-reactive ketones (excluding diaryl/α,β-unsaturated/α-hetero) is 1. The van der Waals surface area contributed by atoms with E-state index in [9.17, 15) is 4.79 Å². The van der Waals surface area contributed by atoms with Gasteiger partial charge in [0.05, 0.1) is 17.7 Å². The van der Waals surface area contributed by atoms with Gasteiger partial charge in [-0.2, -0.15) is 0 Å². The molecule has 0 saturated heterocycles. The number of carbonyl (C=O) groups is 1. The maximum atomic E-state index is 12.1. The molecule has 1 aliphatic rings. The Bertz CT molecular complexity index is 642. The summed E-state index contributed by atoms with van der Waals surface area (Å²) >= 11 is 9.22. The lowest BCUT2D eigenvalue weighted by molar-refractivity contribution is 0.0845. The minimum absolute atomic E-state index is 0.0264. The number of carbonyl (C=O) groups excluding carboxylic acids is 1. The Kier molecular flexibility index (Phi) is 3.29. The van der Waals surface area contributed by atoms with E-state index in [1.54, 1.807) is 24.4 Å². The average molecular weight is 339 g/mol. The molecule has 3 rings (SSSR count). The van der Waals surface area contributed by atoms with Crippen molar-refractivity contribution in [3.63, 3.8) is 0 Å². The summed E-state index contributed by atoms with van der Waals surface area (Å²) in [5, 5.41) is 0.538. The van der Waals surface area contributed by atoms with Crippen LogP contribution in [0.4, 0.5) is 0 Å². The van der Waals surface area contributed by atoms with Crippen molar-refractivity contribution < 1.29 is 9.53 Å². The van der Waals surface area contributed by atoms with Gasteiger partial charge in [0.25, 0.3) is 0 Å². The van der Waals surface area contributed by atoms with E-state index >= 15 is 0 Å². The van der Waals surface area contributed by atoms with Crippen LogP contribution in [0.3, 0.4) is 0 Å². The molecule has 3 nitrogen and oxygen atoms in total. The second-order valence-corrected chi connectivity index (χ2v) is 5.63. The van der Waals surface area contributed by atoms with Crippen molar-refractivity contribution in [2.75, 3.05) is 0 Å². The van der Waals surface area contributed by atoms with Crippen molar-refractivity contribution in [3.8, 4) is 5.75 Å². The summed E-state index contributed by atoms with van der Waals surface area (Å²) in [5.74, 6) is 0.592. The molecule has 1 aromatic heterocycles. The van der Waals surface area contributed by atoms with Gasteiger partial charge in [-0.3, -0.25) is 9.78 Å². The van der Waals surface area contributed by atoms with E-state index in [0.29, 0.717) is 16.3 Å². The van der Waals surface area contributed by atoms with Gasteiger partial charge >= 0.3 is 0 Å². The third-order valence-corrected chi connectivity index (χ3v) is 3.67. The highest BCUT2D eigenvalue weighted by Gasteiger charge is 2.28. The van der Waals surface area contributed by atoms with Crippen LogP contribution >= 0.6 is 27.5 Å². The fourth-order valence-electron chi connectivity index (χ4n) is 2.04. The molecule has 0 radical (unpaired) electrons. The summed E-state index contributed by atoms with van der Waals surface area (Å²) < 4.78 is 6.72. The maximum Gasteiger partial charge on any atom is 0.170 e. The third-order valence-electron chi connectivity index (χ3n) is 2.96. The number of ether oxygens (including phenoxy) is 1. The third kappa shape index (κ3) is 2.51. The van der Waals surface area contributed by atoms with Crippen molar-refractivity contribution in [2.45, 2.75) is 12.5 Å². The molecule has 1 aromatic carbocycles. The van der Waals surface area contributed by atoms with Crippen LogP contribution in [-0.4, -0.2) is 10.8 Å². The summed E-state index contributed by atoms with van der Waals surface area (Å²) in [7, 11) is 0. The Morgan fingerprint density at radius 1 is 1.32 bits per heavy atom. The fraction of sp³-hybridized carbons (Fsp3) is 0.143. The first-order valence-electron chi connectivity index (χ1n) is 5.74. The Hall–Kier alpha value is -1.39. The van der Waals surface area contributed by atoms with Gasteiger partial charge in [0, 0.05) is 15.7 Å². The summed E-state index contributed by atoms with van der Waals surface area (Å²) in [4.78, 5) is 16.4. The van der Waals surface area contributed by atoms with E-state index in [1.165, 1.54) is 0 Å². The molecule has 1 aliphatic heterocycles. The molecule has 19 heavy (non-hydrogen) atoms. The molecule has 96 valence electrons. The monoisotopic (exact) mass is 337 g/mol. The predicted octanol–water partition coefficient (Wildman–Crippen LogP) is 4.20. The van der Waals surface area contributed by atoms with Crippen LogP contribution in [0.1, 0.15) is 28.6 Å². The number of benzene rings is 1. The lowest BCUT2D eigenvalue weighted by Crippen LogP contribution is -2.21. The number of nitrogens with zero attached hydrogens (tertiary/aromatic N) is 1. The van der Waals surface area contributed by atoms with Crippen molar-refractivity contribution in [3.05, 3.63) is 57.3 Å². The normalized spacial score (nSPS) is 17.8. The van der Waals surface area contributed by atoms with Crippen LogP contribution in [0.2, 0.25) is 5.02 Å². The summed E-state index contributed by atoms with van der Waals surface area (Å²) in [6, 6.07) is 8.81. The van der Waals surface area contributed by atoms with Gasteiger partial charge in [-0.05, 0) is 46.3 Å². The minimum atomic E-state index is -0.339. The molecule has 1 unspecified atom stereocenters. The van der Waals surface area contributed by atoms with Gasteiger partial charge in [-0.25, -0.2) is 0 Å². The van der Waals surface area contributed by atoms with Crippen LogP contribution in [0.5, 0.6) is 5.75 Å². The highest BCUT2D eigenvalue weighted by Crippen LogP contribution is 2.35. The first-order chi connectivity index (χ1) is 9.13. The molecule has 5 heteroatoms. The molecular formula is C14H9BrClNO2. The average Bonchev–Trinajstić information content (AvgIpc) is 2.40. The number of hydrogen-bond donors (Lipinski definition) is 0. The smallest absolute Gasteiger partial charge is 0.170 e. The largest absolute Gasteiger partial charge is 0.483 e. The molecule has 0 aliphatic carbocycles. The topological polar surface area (TPSA) is 39.2 Å². The molecule has 2 aromatic rings. The van der Waals surface area contributed by atoms with Crippen LogP contribution in [0.15, 0.2) is 41.0 Å². The van der Waals surface area contributed by atoms with Gasteiger partial charge in [0.1, 0.15) is 11.9 Å². The summed E-state index contributed by atoms with van der Waals surface area (Å²) in [5.41, 5.74) is 1.29. The number of hydrogen-bond acceptors (Lipinski definition) is 3.